The number of allylic oxidation sites excluding steroid dienone is 1. The van der Waals surface area contributed by atoms with Crippen molar-refractivity contribution >= 4 is 38.8 Å². The molecule has 7 nitrogen and oxygen atoms in total. The van der Waals surface area contributed by atoms with E-state index < -0.39 is 0 Å². The summed E-state index contributed by atoms with van der Waals surface area (Å²) in [5, 5.41) is 3.55. The van der Waals surface area contributed by atoms with E-state index in [9.17, 15) is 0 Å². The normalized spacial score (nSPS) is 12.2. The van der Waals surface area contributed by atoms with E-state index in [0.29, 0.717) is 23.4 Å². The monoisotopic (exact) mass is 871 g/mol. The van der Waals surface area contributed by atoms with Gasteiger partial charge in [-0.25, -0.2) is 15.0 Å². The van der Waals surface area contributed by atoms with Crippen molar-refractivity contribution in [1.82, 2.24) is 34.1 Å². The van der Waals surface area contributed by atoms with E-state index in [1.165, 1.54) is 27.6 Å². The number of hydrogen-bond acceptors (Lipinski definition) is 5. The summed E-state index contributed by atoms with van der Waals surface area (Å²) in [7, 11) is 0. The Hall–Kier alpha value is -9.07. The fraction of sp³-hybridized carbons (Fsp3) is 0.0328. The second kappa shape index (κ2) is 16.4. The topological polar surface area (TPSA) is 74.3 Å². The first-order chi connectivity index (χ1) is 33.7. The molecule has 0 aliphatic heterocycles. The van der Waals surface area contributed by atoms with E-state index in [1.807, 2.05) is 60.7 Å². The van der Waals surface area contributed by atoms with Gasteiger partial charge in [-0.1, -0.05) is 182 Å². The number of nitrogens with zero attached hydrogens (tertiary/aromatic N) is 7. The quantitative estimate of drug-likeness (QED) is 0.152. The van der Waals surface area contributed by atoms with Crippen molar-refractivity contribution < 1.29 is 0 Å². The lowest BCUT2D eigenvalue weighted by Gasteiger charge is -2.14. The van der Waals surface area contributed by atoms with E-state index in [1.54, 1.807) is 0 Å². The van der Waals surface area contributed by atoms with Crippen LogP contribution in [0.5, 0.6) is 0 Å². The van der Waals surface area contributed by atoms with Crippen LogP contribution in [0.15, 0.2) is 218 Å². The predicted octanol–water partition coefficient (Wildman–Crippen LogP) is 14.7. The number of aromatic nitrogens is 7. The number of hydrogen-bond donors (Lipinski definition) is 0. The second-order valence-corrected chi connectivity index (χ2v) is 17.2. The van der Waals surface area contributed by atoms with Crippen LogP contribution in [0.1, 0.15) is 17.7 Å². The summed E-state index contributed by atoms with van der Waals surface area (Å²) in [6.45, 7) is 0. The van der Waals surface area contributed by atoms with Crippen LogP contribution in [0.2, 0.25) is 0 Å². The van der Waals surface area contributed by atoms with Crippen LogP contribution in [-0.4, -0.2) is 34.1 Å². The average Bonchev–Trinajstić information content (AvgIpc) is 3.95. The van der Waals surface area contributed by atoms with Gasteiger partial charge in [0.15, 0.2) is 17.5 Å². The fourth-order valence-corrected chi connectivity index (χ4v) is 9.90. The first-order valence-corrected chi connectivity index (χ1v) is 23.1. The minimum absolute atomic E-state index is 0.579. The van der Waals surface area contributed by atoms with Crippen LogP contribution in [0.3, 0.4) is 0 Å². The molecule has 8 aromatic carbocycles. The molecule has 4 aromatic heterocycles. The molecule has 1 aliphatic rings. The molecule has 0 unspecified atom stereocenters. The van der Waals surface area contributed by atoms with Crippen LogP contribution in [0.4, 0.5) is 0 Å². The first-order valence-electron chi connectivity index (χ1n) is 23.1. The van der Waals surface area contributed by atoms with E-state index >= 15 is 0 Å². The highest BCUT2D eigenvalue weighted by atomic mass is 15.2. The summed E-state index contributed by atoms with van der Waals surface area (Å²) in [4.78, 5) is 25.7. The van der Waals surface area contributed by atoms with E-state index in [4.69, 9.17) is 24.9 Å². The Bertz CT molecular complexity index is 3820. The second-order valence-electron chi connectivity index (χ2n) is 17.2. The first kappa shape index (κ1) is 39.3. The third-order valence-corrected chi connectivity index (χ3v) is 13.1. The van der Waals surface area contributed by atoms with Gasteiger partial charge in [0.1, 0.15) is 0 Å². The molecule has 0 atom stereocenters. The van der Waals surface area contributed by atoms with Crippen LogP contribution in [-0.2, 0) is 6.42 Å². The molecule has 7 heteroatoms. The van der Waals surface area contributed by atoms with Gasteiger partial charge in [-0.05, 0) is 66.4 Å². The third kappa shape index (κ3) is 6.79. The summed E-state index contributed by atoms with van der Waals surface area (Å²) < 4.78 is 4.68. The molecule has 320 valence electrons. The minimum atomic E-state index is 0.579. The van der Waals surface area contributed by atoms with Crippen molar-refractivity contribution in [1.29, 1.82) is 0 Å². The predicted molar refractivity (Wildman–Crippen MR) is 277 cm³/mol. The van der Waals surface area contributed by atoms with E-state index in [0.717, 1.165) is 85.2 Å². The Morgan fingerprint density at radius 3 is 1.53 bits per heavy atom. The standard InChI is InChI=1S/C61H41N7/c1-5-18-40(19-6-1)45-26-17-27-46(38-45)51-39-50(62-58(63-51)42-20-7-2-8-21-42)41-32-34-47(35-33-41)67-52-30-15-13-28-48(52)56-54(67)36-37-55-57(56)49-29-14-16-31-53(49)68(55)61-65-59(43-22-9-3-10-23-43)64-60(66-61)44-24-11-4-12-25-44/h1-14,16-29,31-39H,15,30H2. The largest absolute Gasteiger partial charge is 0.313 e. The van der Waals surface area contributed by atoms with E-state index in [2.05, 4.69) is 173 Å². The lowest BCUT2D eigenvalue weighted by molar-refractivity contribution is 0.888. The smallest absolute Gasteiger partial charge is 0.238 e. The molecule has 0 radical (unpaired) electrons. The van der Waals surface area contributed by atoms with Gasteiger partial charge in [0.05, 0.1) is 27.9 Å². The molecule has 0 bridgehead atoms. The lowest BCUT2D eigenvalue weighted by atomic mass is 9.99. The van der Waals surface area contributed by atoms with Crippen molar-refractivity contribution in [2.75, 3.05) is 0 Å². The van der Waals surface area contributed by atoms with E-state index in [-0.39, 0.29) is 0 Å². The number of rotatable bonds is 8. The molecular weight excluding hydrogens is 831 g/mol. The molecule has 0 saturated carbocycles. The molecule has 0 N–H and O–H groups in total. The number of para-hydroxylation sites is 1. The van der Waals surface area contributed by atoms with Crippen LogP contribution >= 0.6 is 0 Å². The Kier molecular flexibility index (Phi) is 9.49. The highest BCUT2D eigenvalue weighted by Gasteiger charge is 2.25. The van der Waals surface area contributed by atoms with Crippen molar-refractivity contribution in [3.8, 4) is 79.4 Å². The maximum atomic E-state index is 5.20. The summed E-state index contributed by atoms with van der Waals surface area (Å²) in [6, 6.07) is 73.8. The molecular formula is C61H41N7. The number of fused-ring (bicyclic) bond motifs is 7. The summed E-state index contributed by atoms with van der Waals surface area (Å²) in [5.74, 6) is 2.53. The van der Waals surface area contributed by atoms with Gasteiger partial charge in [-0.2, -0.15) is 9.97 Å². The molecule has 0 spiro atoms. The maximum Gasteiger partial charge on any atom is 0.238 e. The molecule has 4 heterocycles. The lowest BCUT2D eigenvalue weighted by Crippen LogP contribution is -2.06. The zero-order valence-electron chi connectivity index (χ0n) is 36.9. The van der Waals surface area contributed by atoms with Crippen molar-refractivity contribution in [2.24, 2.45) is 0 Å². The SMILES string of the molecule is C1=Cc2c(n(-c3ccc(-c4cc(-c5cccc(-c6ccccc6)c5)nc(-c5ccccc5)n4)cc3)c3ccc4c(c5ccccc5n4-c4nc(-c5ccccc5)nc(-c5ccccc5)n4)c23)CC1. The summed E-state index contributed by atoms with van der Waals surface area (Å²) in [5.41, 5.74) is 15.8. The molecule has 13 rings (SSSR count). The molecule has 12 aromatic rings. The third-order valence-electron chi connectivity index (χ3n) is 13.1. The zero-order valence-corrected chi connectivity index (χ0v) is 36.9. The molecule has 68 heavy (non-hydrogen) atoms. The molecule has 0 amide bonds. The Morgan fingerprint density at radius 1 is 0.353 bits per heavy atom. The molecule has 0 saturated heterocycles. The zero-order chi connectivity index (χ0) is 45.0. The van der Waals surface area contributed by atoms with Crippen molar-refractivity contribution in [3.63, 3.8) is 0 Å². The van der Waals surface area contributed by atoms with Crippen LogP contribution in [0, 0.1) is 0 Å². The number of benzene rings is 8. The van der Waals surface area contributed by atoms with Gasteiger partial charge in [0.2, 0.25) is 5.95 Å². The van der Waals surface area contributed by atoms with Gasteiger partial charge in [-0.15, -0.1) is 0 Å². The molecule has 0 fully saturated rings. The summed E-state index contributed by atoms with van der Waals surface area (Å²) in [6.07, 6.45) is 6.53. The fourth-order valence-electron chi connectivity index (χ4n) is 9.90. The van der Waals surface area contributed by atoms with Gasteiger partial charge in [0.25, 0.3) is 0 Å². The van der Waals surface area contributed by atoms with Gasteiger partial charge in [-0.3, -0.25) is 4.57 Å². The van der Waals surface area contributed by atoms with Gasteiger partial charge < -0.3 is 4.57 Å². The maximum absolute atomic E-state index is 5.20. The van der Waals surface area contributed by atoms with Crippen molar-refractivity contribution in [2.45, 2.75) is 12.8 Å². The Labute approximate surface area is 393 Å². The Balaban J connectivity index is 0.961. The molecule has 1 aliphatic carbocycles. The highest BCUT2D eigenvalue weighted by molar-refractivity contribution is 6.23. The average molecular weight is 872 g/mol. The van der Waals surface area contributed by atoms with Crippen LogP contribution in [0.25, 0.3) is 118 Å². The highest BCUT2D eigenvalue weighted by Crippen LogP contribution is 2.43. The van der Waals surface area contributed by atoms with Crippen molar-refractivity contribution in [3.05, 3.63) is 230 Å². The van der Waals surface area contributed by atoms with Crippen LogP contribution < -0.4 is 0 Å². The van der Waals surface area contributed by atoms with Gasteiger partial charge >= 0.3 is 0 Å². The summed E-state index contributed by atoms with van der Waals surface area (Å²) >= 11 is 0. The van der Waals surface area contributed by atoms with Gasteiger partial charge in [0, 0.05) is 60.9 Å². The minimum Gasteiger partial charge on any atom is -0.313 e. The Morgan fingerprint density at radius 2 is 0.882 bits per heavy atom.